The van der Waals surface area contributed by atoms with Crippen molar-refractivity contribution in [3.8, 4) is 5.75 Å². The Labute approximate surface area is 124 Å². The molecule has 1 N–H and O–H groups in total. The molecule has 21 heavy (non-hydrogen) atoms. The number of amides is 1. The molecule has 1 fully saturated rings. The minimum atomic E-state index is -3.45. The van der Waals surface area contributed by atoms with Gasteiger partial charge in [0.2, 0.25) is 0 Å². The average Bonchev–Trinajstić information content (AvgIpc) is 2.48. The summed E-state index contributed by atoms with van der Waals surface area (Å²) in [6.07, 6.45) is -0.342. The molecule has 116 valence electrons. The fourth-order valence-electron chi connectivity index (χ4n) is 2.46. The highest BCUT2D eigenvalue weighted by molar-refractivity contribution is 7.92. The first-order valence-corrected chi connectivity index (χ1v) is 8.44. The Morgan fingerprint density at radius 1 is 1.38 bits per heavy atom. The molecule has 1 aliphatic rings. The number of carboxylic acid groups (broad SMARTS) is 1. The molecule has 1 amide bonds. The molecule has 2 rings (SSSR count). The van der Waals surface area contributed by atoms with E-state index in [9.17, 15) is 13.2 Å². The standard InChI is InChI=1S/C14H19NO5S/c1-2-20-11-4-3-5-13(10-11)21(18,19)12-6-8-15(9-7-12)14(16)17/h3-5,10,12H,2,6-9H2,1H3,(H,16,17). The molecule has 0 bridgehead atoms. The van der Waals surface area contributed by atoms with Crippen molar-refractivity contribution in [3.63, 3.8) is 0 Å². The lowest BCUT2D eigenvalue weighted by Gasteiger charge is -2.29. The first-order chi connectivity index (χ1) is 9.95. The van der Waals surface area contributed by atoms with Crippen LogP contribution in [0.25, 0.3) is 0 Å². The normalized spacial score (nSPS) is 16.7. The van der Waals surface area contributed by atoms with Crippen molar-refractivity contribution in [2.24, 2.45) is 0 Å². The van der Waals surface area contributed by atoms with E-state index in [2.05, 4.69) is 0 Å². The molecule has 1 saturated heterocycles. The van der Waals surface area contributed by atoms with Crippen molar-refractivity contribution >= 4 is 15.9 Å². The van der Waals surface area contributed by atoms with Crippen LogP contribution in [0, 0.1) is 0 Å². The maximum Gasteiger partial charge on any atom is 0.407 e. The lowest BCUT2D eigenvalue weighted by atomic mass is 10.1. The van der Waals surface area contributed by atoms with E-state index in [4.69, 9.17) is 9.84 Å². The molecule has 7 heteroatoms. The molecule has 0 atom stereocenters. The number of hydrogen-bond acceptors (Lipinski definition) is 4. The molecule has 0 unspecified atom stereocenters. The lowest BCUT2D eigenvalue weighted by molar-refractivity contribution is 0.136. The maximum absolute atomic E-state index is 12.6. The minimum Gasteiger partial charge on any atom is -0.494 e. The van der Waals surface area contributed by atoms with E-state index in [-0.39, 0.29) is 18.0 Å². The zero-order valence-electron chi connectivity index (χ0n) is 11.9. The largest absolute Gasteiger partial charge is 0.494 e. The van der Waals surface area contributed by atoms with Gasteiger partial charge < -0.3 is 14.7 Å². The van der Waals surface area contributed by atoms with Crippen LogP contribution in [0.3, 0.4) is 0 Å². The number of likely N-dealkylation sites (tertiary alicyclic amines) is 1. The Morgan fingerprint density at radius 3 is 2.62 bits per heavy atom. The number of nitrogens with zero attached hydrogens (tertiary/aromatic N) is 1. The molecule has 1 heterocycles. The van der Waals surface area contributed by atoms with Gasteiger partial charge in [-0.1, -0.05) is 6.07 Å². The third-order valence-corrected chi connectivity index (χ3v) is 5.86. The third kappa shape index (κ3) is 3.47. The zero-order valence-corrected chi connectivity index (χ0v) is 12.7. The van der Waals surface area contributed by atoms with Crippen LogP contribution in [0.5, 0.6) is 5.75 Å². The number of rotatable bonds is 4. The number of ether oxygens (including phenoxy) is 1. The second-order valence-electron chi connectivity index (χ2n) is 4.92. The van der Waals surface area contributed by atoms with E-state index in [0.29, 0.717) is 25.2 Å². The van der Waals surface area contributed by atoms with Gasteiger partial charge in [-0.3, -0.25) is 0 Å². The van der Waals surface area contributed by atoms with Gasteiger partial charge in [0.05, 0.1) is 16.8 Å². The smallest absolute Gasteiger partial charge is 0.407 e. The molecular formula is C14H19NO5S. The average molecular weight is 313 g/mol. The van der Waals surface area contributed by atoms with Crippen molar-refractivity contribution < 1.29 is 23.1 Å². The topological polar surface area (TPSA) is 83.9 Å². The van der Waals surface area contributed by atoms with Gasteiger partial charge in [0.1, 0.15) is 5.75 Å². The lowest BCUT2D eigenvalue weighted by Crippen LogP contribution is -2.41. The Balaban J connectivity index is 2.15. The van der Waals surface area contributed by atoms with Crippen molar-refractivity contribution in [2.45, 2.75) is 29.9 Å². The van der Waals surface area contributed by atoms with E-state index in [1.54, 1.807) is 18.2 Å². The molecule has 1 aromatic carbocycles. The monoisotopic (exact) mass is 313 g/mol. The van der Waals surface area contributed by atoms with Gasteiger partial charge in [0, 0.05) is 13.1 Å². The number of sulfone groups is 1. The summed E-state index contributed by atoms with van der Waals surface area (Å²) in [7, 11) is -3.45. The van der Waals surface area contributed by atoms with Gasteiger partial charge in [0.15, 0.2) is 9.84 Å². The number of hydrogen-bond donors (Lipinski definition) is 1. The number of benzene rings is 1. The Morgan fingerprint density at radius 2 is 2.05 bits per heavy atom. The molecular weight excluding hydrogens is 294 g/mol. The molecule has 1 aromatic rings. The second kappa shape index (κ2) is 6.34. The molecule has 6 nitrogen and oxygen atoms in total. The van der Waals surface area contributed by atoms with Crippen molar-refractivity contribution in [1.82, 2.24) is 4.90 Å². The van der Waals surface area contributed by atoms with Crippen LogP contribution in [0.15, 0.2) is 29.2 Å². The van der Waals surface area contributed by atoms with Gasteiger partial charge in [-0.05, 0) is 38.0 Å². The number of piperidine rings is 1. The molecule has 0 spiro atoms. The highest BCUT2D eigenvalue weighted by Crippen LogP contribution is 2.27. The maximum atomic E-state index is 12.6. The van der Waals surface area contributed by atoms with Gasteiger partial charge in [-0.15, -0.1) is 0 Å². The summed E-state index contributed by atoms with van der Waals surface area (Å²) < 4.78 is 30.5. The first-order valence-electron chi connectivity index (χ1n) is 6.89. The van der Waals surface area contributed by atoms with Crippen LogP contribution < -0.4 is 4.74 Å². The molecule has 0 saturated carbocycles. The van der Waals surface area contributed by atoms with Crippen molar-refractivity contribution in [2.75, 3.05) is 19.7 Å². The summed E-state index contributed by atoms with van der Waals surface area (Å²) in [4.78, 5) is 12.3. The zero-order chi connectivity index (χ0) is 15.5. The fourth-order valence-corrected chi connectivity index (χ4v) is 4.22. The molecule has 1 aliphatic heterocycles. The molecule has 0 aliphatic carbocycles. The predicted octanol–water partition coefficient (Wildman–Crippen LogP) is 2.00. The fraction of sp³-hybridized carbons (Fsp3) is 0.500. The summed E-state index contributed by atoms with van der Waals surface area (Å²) in [6, 6.07) is 6.46. The van der Waals surface area contributed by atoms with E-state index >= 15 is 0 Å². The number of carbonyl (C=O) groups is 1. The summed E-state index contributed by atoms with van der Waals surface area (Å²) in [6.45, 7) is 2.82. The first kappa shape index (κ1) is 15.6. The van der Waals surface area contributed by atoms with Crippen molar-refractivity contribution in [3.05, 3.63) is 24.3 Å². The van der Waals surface area contributed by atoms with Crippen LogP contribution in [-0.2, 0) is 9.84 Å². The van der Waals surface area contributed by atoms with Crippen LogP contribution in [-0.4, -0.2) is 49.5 Å². The molecule has 0 aromatic heterocycles. The van der Waals surface area contributed by atoms with E-state index in [1.165, 1.54) is 11.0 Å². The van der Waals surface area contributed by atoms with Gasteiger partial charge in [-0.2, -0.15) is 0 Å². The van der Waals surface area contributed by atoms with Crippen molar-refractivity contribution in [1.29, 1.82) is 0 Å². The van der Waals surface area contributed by atoms with Gasteiger partial charge in [-0.25, -0.2) is 13.2 Å². The Hall–Kier alpha value is -1.76. The second-order valence-corrected chi connectivity index (χ2v) is 7.15. The summed E-state index contributed by atoms with van der Waals surface area (Å²) in [5.41, 5.74) is 0. The van der Waals surface area contributed by atoms with E-state index in [0.717, 1.165) is 0 Å². The Bertz CT molecular complexity index is 606. The highest BCUT2D eigenvalue weighted by atomic mass is 32.2. The quantitative estimate of drug-likeness (QED) is 0.919. The van der Waals surface area contributed by atoms with Crippen LogP contribution in [0.1, 0.15) is 19.8 Å². The SMILES string of the molecule is CCOc1cccc(S(=O)(=O)C2CCN(C(=O)O)CC2)c1. The summed E-state index contributed by atoms with van der Waals surface area (Å²) >= 11 is 0. The van der Waals surface area contributed by atoms with Gasteiger partial charge in [0.25, 0.3) is 0 Å². The van der Waals surface area contributed by atoms with Crippen LogP contribution in [0.4, 0.5) is 4.79 Å². The summed E-state index contributed by atoms with van der Waals surface area (Å²) in [5, 5.41) is 8.36. The van der Waals surface area contributed by atoms with E-state index < -0.39 is 21.2 Å². The minimum absolute atomic E-state index is 0.238. The predicted molar refractivity (Wildman–Crippen MR) is 77.4 cm³/mol. The van der Waals surface area contributed by atoms with E-state index in [1.807, 2.05) is 6.92 Å². The van der Waals surface area contributed by atoms with Crippen LogP contribution in [0.2, 0.25) is 0 Å². The Kier molecular flexibility index (Phi) is 4.72. The van der Waals surface area contributed by atoms with Gasteiger partial charge >= 0.3 is 6.09 Å². The summed E-state index contributed by atoms with van der Waals surface area (Å²) in [5.74, 6) is 0.529. The highest BCUT2D eigenvalue weighted by Gasteiger charge is 2.32. The third-order valence-electron chi connectivity index (χ3n) is 3.60. The molecule has 0 radical (unpaired) electrons. The van der Waals surface area contributed by atoms with Crippen LogP contribution >= 0.6 is 0 Å².